The Bertz CT molecular complexity index is 335. The van der Waals surface area contributed by atoms with Crippen LogP contribution < -0.4 is 0 Å². The van der Waals surface area contributed by atoms with Crippen LogP contribution in [-0.4, -0.2) is 12.0 Å². The first-order valence-corrected chi connectivity index (χ1v) is 6.11. The van der Waals surface area contributed by atoms with Gasteiger partial charge in [-0.25, -0.2) is 0 Å². The first kappa shape index (κ1) is 8.69. The second-order valence-electron chi connectivity index (χ2n) is 3.65. The fourth-order valence-corrected chi connectivity index (χ4v) is 4.75. The van der Waals surface area contributed by atoms with Gasteiger partial charge in [-0.1, -0.05) is 17.1 Å². The summed E-state index contributed by atoms with van der Waals surface area (Å²) in [5, 5.41) is 9.02. The molecule has 2 heterocycles. The standard InChI is InChI=1S/C9H12N2OS/c1-7-4-8(2-3-10)9-6-13(9,5-7)11-12/h2-3,6-7,10H,4-5H2,1H3/b8-2-,10-3?/t7-/m1/s1. The molecule has 0 amide bonds. The van der Waals surface area contributed by atoms with Gasteiger partial charge in [0.2, 0.25) is 0 Å². The number of nitrogens with zero attached hydrogens (tertiary/aromatic N) is 1. The lowest BCUT2D eigenvalue weighted by atomic mass is 10.0. The fourth-order valence-electron chi connectivity index (χ4n) is 1.91. The quantitative estimate of drug-likeness (QED) is 0.535. The molecule has 2 aliphatic heterocycles. The van der Waals surface area contributed by atoms with Crippen molar-refractivity contribution in [1.29, 1.82) is 5.41 Å². The molecule has 2 aliphatic rings. The smallest absolute Gasteiger partial charge is 0.0260 e. The largest absolute Gasteiger partial charge is 0.309 e. The van der Waals surface area contributed by atoms with Gasteiger partial charge in [0.15, 0.2) is 0 Å². The van der Waals surface area contributed by atoms with E-state index in [1.165, 1.54) is 6.21 Å². The maximum absolute atomic E-state index is 10.7. The van der Waals surface area contributed by atoms with Gasteiger partial charge in [0, 0.05) is 16.9 Å². The topological polar surface area (TPSA) is 53.3 Å². The molecule has 0 saturated carbocycles. The minimum atomic E-state index is -1.34. The highest BCUT2D eigenvalue weighted by Crippen LogP contribution is 2.77. The molecule has 4 heteroatoms. The third kappa shape index (κ3) is 1.25. The fraction of sp³-hybridized carbons (Fsp3) is 0.444. The van der Waals surface area contributed by atoms with Gasteiger partial charge < -0.3 is 5.41 Å². The molecule has 1 fully saturated rings. The van der Waals surface area contributed by atoms with E-state index >= 15 is 0 Å². The van der Waals surface area contributed by atoms with Crippen LogP contribution in [-0.2, 0) is 0 Å². The van der Waals surface area contributed by atoms with E-state index in [4.69, 9.17) is 5.41 Å². The van der Waals surface area contributed by atoms with Gasteiger partial charge in [0.1, 0.15) is 0 Å². The Morgan fingerprint density at radius 3 is 3.15 bits per heavy atom. The zero-order chi connectivity index (χ0) is 9.47. The summed E-state index contributed by atoms with van der Waals surface area (Å²) in [4.78, 5) is 11.8. The minimum absolute atomic E-state index is 0.529. The molecular weight excluding hydrogens is 184 g/mol. The lowest BCUT2D eigenvalue weighted by Crippen LogP contribution is -2.10. The first-order valence-electron chi connectivity index (χ1n) is 4.29. The molecule has 0 aromatic rings. The van der Waals surface area contributed by atoms with E-state index < -0.39 is 10.2 Å². The van der Waals surface area contributed by atoms with Gasteiger partial charge in [0.05, 0.1) is 0 Å². The predicted octanol–water partition coefficient (Wildman–Crippen LogP) is 2.94. The van der Waals surface area contributed by atoms with Crippen LogP contribution in [0.25, 0.3) is 0 Å². The van der Waals surface area contributed by atoms with E-state index in [1.807, 2.05) is 5.41 Å². The van der Waals surface area contributed by atoms with Gasteiger partial charge >= 0.3 is 0 Å². The van der Waals surface area contributed by atoms with Crippen molar-refractivity contribution >= 4 is 16.4 Å². The van der Waals surface area contributed by atoms with E-state index in [0.717, 1.165) is 22.7 Å². The maximum Gasteiger partial charge on any atom is 0.0260 e. The van der Waals surface area contributed by atoms with Crippen molar-refractivity contribution in [2.45, 2.75) is 13.3 Å². The Morgan fingerprint density at radius 2 is 2.54 bits per heavy atom. The number of nitroso groups, excluding NO2 is 1. The zero-order valence-electron chi connectivity index (χ0n) is 7.49. The van der Waals surface area contributed by atoms with Gasteiger partial charge in [-0.05, 0) is 34.0 Å². The summed E-state index contributed by atoms with van der Waals surface area (Å²) in [7, 11) is -1.34. The zero-order valence-corrected chi connectivity index (χ0v) is 8.30. The van der Waals surface area contributed by atoms with Crippen LogP contribution in [0.1, 0.15) is 13.3 Å². The molecule has 0 bridgehead atoms. The van der Waals surface area contributed by atoms with E-state index in [0.29, 0.717) is 5.92 Å². The van der Waals surface area contributed by atoms with E-state index in [9.17, 15) is 4.91 Å². The summed E-state index contributed by atoms with van der Waals surface area (Å²) in [6, 6.07) is 0. The van der Waals surface area contributed by atoms with E-state index in [1.54, 1.807) is 6.08 Å². The molecule has 13 heavy (non-hydrogen) atoms. The lowest BCUT2D eigenvalue weighted by molar-refractivity contribution is 0.652. The molecule has 70 valence electrons. The lowest BCUT2D eigenvalue weighted by Gasteiger charge is -2.26. The SMILES string of the molecule is C[C@@H]1C/C(=C/C=N)C2=CS2(N=O)C1. The molecule has 2 atom stereocenters. The summed E-state index contributed by atoms with van der Waals surface area (Å²) in [6.07, 6.45) is 4.08. The Labute approximate surface area is 78.8 Å². The van der Waals surface area contributed by atoms with Crippen LogP contribution in [0.3, 0.4) is 0 Å². The van der Waals surface area contributed by atoms with Crippen LogP contribution in [0.4, 0.5) is 0 Å². The second kappa shape index (κ2) is 2.80. The van der Waals surface area contributed by atoms with Crippen molar-refractivity contribution in [1.82, 2.24) is 0 Å². The number of nitrogens with one attached hydrogen (secondary N) is 1. The Kier molecular flexibility index (Phi) is 1.87. The van der Waals surface area contributed by atoms with Crippen LogP contribution in [0.5, 0.6) is 0 Å². The monoisotopic (exact) mass is 196 g/mol. The molecule has 1 N–H and O–H groups in total. The van der Waals surface area contributed by atoms with Crippen LogP contribution in [0.2, 0.25) is 0 Å². The van der Waals surface area contributed by atoms with Crippen molar-refractivity contribution in [3.05, 3.63) is 26.9 Å². The summed E-state index contributed by atoms with van der Waals surface area (Å²) in [6.45, 7) is 2.14. The molecule has 1 saturated heterocycles. The molecule has 3 nitrogen and oxygen atoms in total. The summed E-state index contributed by atoms with van der Waals surface area (Å²) < 4.78 is 3.26. The average molecular weight is 196 g/mol. The molecule has 1 unspecified atom stereocenters. The third-order valence-electron chi connectivity index (χ3n) is 2.47. The van der Waals surface area contributed by atoms with Crippen molar-refractivity contribution in [3.63, 3.8) is 0 Å². The summed E-state index contributed by atoms with van der Waals surface area (Å²) in [5.41, 5.74) is 1.16. The van der Waals surface area contributed by atoms with E-state index in [2.05, 4.69) is 11.5 Å². The van der Waals surface area contributed by atoms with Crippen molar-refractivity contribution < 1.29 is 0 Å². The van der Waals surface area contributed by atoms with E-state index in [-0.39, 0.29) is 0 Å². The Morgan fingerprint density at radius 1 is 1.77 bits per heavy atom. The van der Waals surface area contributed by atoms with Gasteiger partial charge in [-0.15, -0.1) is 4.91 Å². The second-order valence-corrected chi connectivity index (χ2v) is 6.31. The molecule has 0 radical (unpaired) electrons. The number of rotatable bonds is 2. The minimum Gasteiger partial charge on any atom is -0.309 e. The average Bonchev–Trinajstić information content (AvgIpc) is 2.80. The number of hydrogen-bond acceptors (Lipinski definition) is 3. The predicted molar refractivity (Wildman–Crippen MR) is 57.0 cm³/mol. The highest BCUT2D eigenvalue weighted by molar-refractivity contribution is 8.43. The summed E-state index contributed by atoms with van der Waals surface area (Å²) in [5.74, 6) is 1.46. The Balaban J connectivity index is 2.26. The molecule has 0 aromatic carbocycles. The molecular formula is C9H12N2OS. The van der Waals surface area contributed by atoms with Crippen LogP contribution >= 0.6 is 10.2 Å². The van der Waals surface area contributed by atoms with Gasteiger partial charge in [0.25, 0.3) is 0 Å². The normalized spacial score (nSPS) is 44.2. The first-order chi connectivity index (χ1) is 6.22. The number of fused-ring (bicyclic) bond motifs is 1. The molecule has 2 rings (SSSR count). The number of allylic oxidation sites excluding steroid dienone is 2. The highest BCUT2D eigenvalue weighted by atomic mass is 32.3. The maximum atomic E-state index is 10.7. The molecule has 0 aliphatic carbocycles. The highest BCUT2D eigenvalue weighted by Gasteiger charge is 2.47. The Hall–Kier alpha value is -0.900. The van der Waals surface area contributed by atoms with Gasteiger partial charge in [-0.2, -0.15) is 0 Å². The molecule has 0 aromatic heterocycles. The third-order valence-corrected chi connectivity index (χ3v) is 5.32. The van der Waals surface area contributed by atoms with Crippen LogP contribution in [0.15, 0.2) is 26.5 Å². The van der Waals surface area contributed by atoms with Crippen molar-refractivity contribution in [3.8, 4) is 0 Å². The molecule has 0 spiro atoms. The van der Waals surface area contributed by atoms with Crippen molar-refractivity contribution in [2.75, 3.05) is 5.75 Å². The van der Waals surface area contributed by atoms with Crippen molar-refractivity contribution in [2.24, 2.45) is 10.5 Å². The van der Waals surface area contributed by atoms with Crippen LogP contribution in [0, 0.1) is 16.2 Å². The van der Waals surface area contributed by atoms with Gasteiger partial charge in [-0.3, -0.25) is 0 Å². The summed E-state index contributed by atoms with van der Waals surface area (Å²) >= 11 is 0. The number of hydrogen-bond donors (Lipinski definition) is 1.